The number of carboxylic acids is 1. The van der Waals surface area contributed by atoms with Crippen molar-refractivity contribution in [2.24, 2.45) is 0 Å². The summed E-state index contributed by atoms with van der Waals surface area (Å²) in [4.78, 5) is 25.8. The molecule has 1 atom stereocenters. The summed E-state index contributed by atoms with van der Waals surface area (Å²) in [6.45, 7) is 2.48. The fourth-order valence-corrected chi connectivity index (χ4v) is 3.09. The summed E-state index contributed by atoms with van der Waals surface area (Å²) >= 11 is 0. The zero-order valence-electron chi connectivity index (χ0n) is 14.7. The van der Waals surface area contributed by atoms with Crippen LogP contribution in [-0.4, -0.2) is 48.2 Å². The molecule has 3 rings (SSSR count). The number of carbonyl (C=O) groups is 2. The van der Waals surface area contributed by atoms with Crippen LogP contribution in [0.1, 0.15) is 27.5 Å². The fourth-order valence-electron chi connectivity index (χ4n) is 3.09. The highest BCUT2D eigenvalue weighted by Crippen LogP contribution is 2.23. The summed E-state index contributed by atoms with van der Waals surface area (Å²) in [7, 11) is 0. The SMILES string of the molecule is O=C(O)c1ccc(CNC(=O)[C@@H](c2cccc(F)c2)N2CCOCC2)cc1. The number of benzene rings is 2. The molecule has 0 unspecified atom stereocenters. The lowest BCUT2D eigenvalue weighted by Gasteiger charge is -2.33. The van der Waals surface area contributed by atoms with Crippen molar-refractivity contribution >= 4 is 11.9 Å². The van der Waals surface area contributed by atoms with Crippen molar-refractivity contribution in [2.75, 3.05) is 26.3 Å². The number of carboxylic acid groups (broad SMARTS) is 1. The lowest BCUT2D eigenvalue weighted by atomic mass is 10.0. The minimum atomic E-state index is -0.996. The van der Waals surface area contributed by atoms with Gasteiger partial charge in [0.15, 0.2) is 0 Å². The third-order valence-corrected chi connectivity index (χ3v) is 4.49. The van der Waals surface area contributed by atoms with Crippen LogP contribution in [0, 0.1) is 5.82 Å². The van der Waals surface area contributed by atoms with Crippen LogP contribution in [0.4, 0.5) is 4.39 Å². The smallest absolute Gasteiger partial charge is 0.335 e. The minimum absolute atomic E-state index is 0.191. The van der Waals surface area contributed by atoms with E-state index < -0.39 is 12.0 Å². The van der Waals surface area contributed by atoms with E-state index in [-0.39, 0.29) is 23.8 Å². The second kappa shape index (κ2) is 8.75. The molecule has 1 heterocycles. The zero-order valence-corrected chi connectivity index (χ0v) is 14.7. The van der Waals surface area contributed by atoms with Crippen molar-refractivity contribution < 1.29 is 23.8 Å². The molecule has 2 aromatic rings. The molecule has 1 aliphatic rings. The van der Waals surface area contributed by atoms with Gasteiger partial charge in [-0.05, 0) is 35.4 Å². The molecule has 0 aliphatic carbocycles. The number of ether oxygens (including phenoxy) is 1. The molecule has 0 saturated carbocycles. The van der Waals surface area contributed by atoms with Gasteiger partial charge < -0.3 is 15.2 Å². The molecule has 27 heavy (non-hydrogen) atoms. The predicted molar refractivity (Wildman–Crippen MR) is 96.8 cm³/mol. The van der Waals surface area contributed by atoms with E-state index in [9.17, 15) is 14.0 Å². The second-order valence-electron chi connectivity index (χ2n) is 6.33. The Morgan fingerprint density at radius 1 is 1.15 bits per heavy atom. The standard InChI is InChI=1S/C20H21FN2O4/c21-17-3-1-2-16(12-17)18(23-8-10-27-11-9-23)19(24)22-13-14-4-6-15(7-5-14)20(25)26/h1-7,12,18H,8-11,13H2,(H,22,24)(H,25,26)/t18-/m1/s1. The van der Waals surface area contributed by atoms with Crippen LogP contribution in [0.2, 0.25) is 0 Å². The molecule has 6 nitrogen and oxygen atoms in total. The molecule has 1 aliphatic heterocycles. The molecule has 1 amide bonds. The normalized spacial score (nSPS) is 15.9. The van der Waals surface area contributed by atoms with Gasteiger partial charge in [0, 0.05) is 19.6 Å². The maximum absolute atomic E-state index is 13.7. The first kappa shape index (κ1) is 19.0. The van der Waals surface area contributed by atoms with Gasteiger partial charge in [-0.3, -0.25) is 9.69 Å². The van der Waals surface area contributed by atoms with E-state index in [1.807, 2.05) is 4.90 Å². The Morgan fingerprint density at radius 2 is 1.85 bits per heavy atom. The largest absolute Gasteiger partial charge is 0.478 e. The van der Waals surface area contributed by atoms with Gasteiger partial charge in [0.25, 0.3) is 0 Å². The third-order valence-electron chi connectivity index (χ3n) is 4.49. The van der Waals surface area contributed by atoms with Gasteiger partial charge in [0.1, 0.15) is 11.9 Å². The fraction of sp³-hybridized carbons (Fsp3) is 0.300. The van der Waals surface area contributed by atoms with E-state index >= 15 is 0 Å². The number of halogens is 1. The molecule has 1 fully saturated rings. The van der Waals surface area contributed by atoms with Gasteiger partial charge in [-0.2, -0.15) is 0 Å². The van der Waals surface area contributed by atoms with E-state index in [0.29, 0.717) is 31.9 Å². The quantitative estimate of drug-likeness (QED) is 0.813. The number of rotatable bonds is 6. The van der Waals surface area contributed by atoms with E-state index in [0.717, 1.165) is 5.56 Å². The number of amides is 1. The molecule has 142 valence electrons. The van der Waals surface area contributed by atoms with Crippen LogP contribution in [0.15, 0.2) is 48.5 Å². The van der Waals surface area contributed by atoms with Crippen LogP contribution in [0.3, 0.4) is 0 Å². The Labute approximate surface area is 156 Å². The van der Waals surface area contributed by atoms with Crippen molar-refractivity contribution in [1.29, 1.82) is 0 Å². The number of morpholine rings is 1. The number of nitrogens with one attached hydrogen (secondary N) is 1. The van der Waals surface area contributed by atoms with Crippen LogP contribution in [-0.2, 0) is 16.1 Å². The third kappa shape index (κ3) is 4.90. The van der Waals surface area contributed by atoms with Crippen molar-refractivity contribution in [3.8, 4) is 0 Å². The van der Waals surface area contributed by atoms with Crippen molar-refractivity contribution in [1.82, 2.24) is 10.2 Å². The highest BCUT2D eigenvalue weighted by Gasteiger charge is 2.29. The van der Waals surface area contributed by atoms with Crippen LogP contribution in [0.5, 0.6) is 0 Å². The molecule has 2 N–H and O–H groups in total. The molecule has 0 spiro atoms. The molecule has 1 saturated heterocycles. The second-order valence-corrected chi connectivity index (χ2v) is 6.33. The minimum Gasteiger partial charge on any atom is -0.478 e. The highest BCUT2D eigenvalue weighted by atomic mass is 19.1. The zero-order chi connectivity index (χ0) is 19.2. The van der Waals surface area contributed by atoms with Gasteiger partial charge in [-0.15, -0.1) is 0 Å². The number of aromatic carboxylic acids is 1. The Kier molecular flexibility index (Phi) is 6.16. The van der Waals surface area contributed by atoms with E-state index in [1.54, 1.807) is 24.3 Å². The Bertz CT molecular complexity index is 804. The van der Waals surface area contributed by atoms with Gasteiger partial charge in [0.2, 0.25) is 5.91 Å². The van der Waals surface area contributed by atoms with E-state index in [1.165, 1.54) is 24.3 Å². The number of hydrogen-bond donors (Lipinski definition) is 2. The summed E-state index contributed by atoms with van der Waals surface area (Å²) in [5.41, 5.74) is 1.57. The number of nitrogens with zero attached hydrogens (tertiary/aromatic N) is 1. The molecule has 0 bridgehead atoms. The van der Waals surface area contributed by atoms with Crippen molar-refractivity contribution in [2.45, 2.75) is 12.6 Å². The summed E-state index contributed by atoms with van der Waals surface area (Å²) in [6, 6.07) is 11.8. The monoisotopic (exact) mass is 372 g/mol. The molecule has 0 radical (unpaired) electrons. The molecule has 7 heteroatoms. The lowest BCUT2D eigenvalue weighted by molar-refractivity contribution is -0.128. The maximum Gasteiger partial charge on any atom is 0.335 e. The summed E-state index contributed by atoms with van der Waals surface area (Å²) in [5, 5.41) is 11.8. The van der Waals surface area contributed by atoms with Crippen molar-refractivity contribution in [3.63, 3.8) is 0 Å². The Morgan fingerprint density at radius 3 is 2.48 bits per heavy atom. The maximum atomic E-state index is 13.7. The predicted octanol–water partition coefficient (Wildman–Crippen LogP) is 2.21. The van der Waals surface area contributed by atoms with E-state index in [4.69, 9.17) is 9.84 Å². The molecular weight excluding hydrogens is 351 g/mol. The first-order chi connectivity index (χ1) is 13.0. The average molecular weight is 372 g/mol. The summed E-state index contributed by atoms with van der Waals surface area (Å²) in [6.07, 6.45) is 0. The number of hydrogen-bond acceptors (Lipinski definition) is 4. The van der Waals surface area contributed by atoms with E-state index in [2.05, 4.69) is 5.32 Å². The topological polar surface area (TPSA) is 78.9 Å². The van der Waals surface area contributed by atoms with Gasteiger partial charge in [-0.25, -0.2) is 9.18 Å². The summed E-state index contributed by atoms with van der Waals surface area (Å²) in [5.74, 6) is -1.61. The van der Waals surface area contributed by atoms with Crippen LogP contribution < -0.4 is 5.32 Å². The van der Waals surface area contributed by atoms with Gasteiger partial charge >= 0.3 is 5.97 Å². The Balaban J connectivity index is 1.73. The first-order valence-electron chi connectivity index (χ1n) is 8.72. The average Bonchev–Trinajstić information content (AvgIpc) is 2.68. The summed E-state index contributed by atoms with van der Waals surface area (Å²) < 4.78 is 19.0. The molecule has 2 aromatic carbocycles. The first-order valence-corrected chi connectivity index (χ1v) is 8.72. The lowest BCUT2D eigenvalue weighted by Crippen LogP contribution is -2.45. The molecule has 0 aromatic heterocycles. The van der Waals surface area contributed by atoms with Gasteiger partial charge in [-0.1, -0.05) is 24.3 Å². The Hall–Kier alpha value is -2.77. The van der Waals surface area contributed by atoms with Crippen LogP contribution in [0.25, 0.3) is 0 Å². The van der Waals surface area contributed by atoms with Crippen molar-refractivity contribution in [3.05, 3.63) is 71.0 Å². The number of carbonyl (C=O) groups excluding carboxylic acids is 1. The van der Waals surface area contributed by atoms with Gasteiger partial charge in [0.05, 0.1) is 18.8 Å². The van der Waals surface area contributed by atoms with Crippen LogP contribution >= 0.6 is 0 Å². The molecular formula is C20H21FN2O4. The highest BCUT2D eigenvalue weighted by molar-refractivity contribution is 5.87.